The van der Waals surface area contributed by atoms with Crippen molar-refractivity contribution in [1.82, 2.24) is 14.5 Å². The summed E-state index contributed by atoms with van der Waals surface area (Å²) in [6.07, 6.45) is 5.98. The van der Waals surface area contributed by atoms with E-state index < -0.39 is 5.82 Å². The van der Waals surface area contributed by atoms with Crippen LogP contribution in [0.4, 0.5) is 9.52 Å². The first-order valence-corrected chi connectivity index (χ1v) is 10.5. The quantitative estimate of drug-likeness (QED) is 0.365. The number of methoxy groups -OCH3 is 2. The van der Waals surface area contributed by atoms with Crippen molar-refractivity contribution in [2.45, 2.75) is 13.0 Å². The van der Waals surface area contributed by atoms with Crippen molar-refractivity contribution in [2.75, 3.05) is 25.7 Å². The number of aryl methyl sites for hydroxylation is 1. The van der Waals surface area contributed by atoms with E-state index in [0.29, 0.717) is 46.4 Å². The Kier molecular flexibility index (Phi) is 7.66. The van der Waals surface area contributed by atoms with Gasteiger partial charge in [-0.1, -0.05) is 17.4 Å². The number of ether oxygens (including phenoxy) is 2. The molecule has 0 spiro atoms. The largest absolute Gasteiger partial charge is 0.493 e. The Labute approximate surface area is 194 Å². The third-order valence-electron chi connectivity index (χ3n) is 4.82. The third kappa shape index (κ3) is 4.84. The molecule has 7 nitrogen and oxygen atoms in total. The second-order valence-corrected chi connectivity index (χ2v) is 7.77. The summed E-state index contributed by atoms with van der Waals surface area (Å²) >= 11 is 1.29. The molecule has 0 atom stereocenters. The molecule has 0 aliphatic rings. The van der Waals surface area contributed by atoms with Crippen LogP contribution in [-0.2, 0) is 6.54 Å². The van der Waals surface area contributed by atoms with Gasteiger partial charge in [0, 0.05) is 31.0 Å². The molecule has 1 amide bonds. The number of halogens is 2. The fraction of sp³-hybridized carbons (Fsp3) is 0.227. The van der Waals surface area contributed by atoms with Crippen LogP contribution in [-0.4, -0.2) is 41.2 Å². The smallest absolute Gasteiger partial charge is 0.260 e. The van der Waals surface area contributed by atoms with Crippen LogP contribution in [0.3, 0.4) is 0 Å². The van der Waals surface area contributed by atoms with E-state index in [2.05, 4.69) is 9.97 Å². The zero-order valence-corrected chi connectivity index (χ0v) is 19.2. The number of amides is 1. The van der Waals surface area contributed by atoms with Gasteiger partial charge in [-0.3, -0.25) is 9.69 Å². The number of anilines is 1. The number of thiazole rings is 1. The molecule has 2 heterocycles. The Morgan fingerprint density at radius 2 is 2.00 bits per heavy atom. The van der Waals surface area contributed by atoms with E-state index in [1.807, 2.05) is 10.8 Å². The minimum atomic E-state index is -0.406. The van der Waals surface area contributed by atoms with Crippen molar-refractivity contribution in [3.63, 3.8) is 0 Å². The molecule has 0 aliphatic heterocycles. The highest BCUT2D eigenvalue weighted by atomic mass is 35.5. The van der Waals surface area contributed by atoms with Gasteiger partial charge in [-0.2, -0.15) is 0 Å². The number of carbonyl (C=O) groups excluding carboxylic acids is 1. The highest BCUT2D eigenvalue weighted by Crippen LogP contribution is 2.33. The van der Waals surface area contributed by atoms with Gasteiger partial charge < -0.3 is 14.0 Å². The summed E-state index contributed by atoms with van der Waals surface area (Å²) in [7, 11) is 3.06. The molecule has 4 aromatic rings. The van der Waals surface area contributed by atoms with Crippen LogP contribution < -0.4 is 14.4 Å². The number of hydrogen-bond acceptors (Lipinski definition) is 6. The van der Waals surface area contributed by atoms with E-state index >= 15 is 0 Å². The van der Waals surface area contributed by atoms with Crippen LogP contribution in [0.25, 0.3) is 10.2 Å². The maximum atomic E-state index is 14.2. The van der Waals surface area contributed by atoms with Crippen LogP contribution in [0.5, 0.6) is 11.5 Å². The Bertz CT molecular complexity index is 1200. The Morgan fingerprint density at radius 3 is 2.69 bits per heavy atom. The van der Waals surface area contributed by atoms with E-state index in [1.165, 1.54) is 31.6 Å². The van der Waals surface area contributed by atoms with Gasteiger partial charge in [0.2, 0.25) is 0 Å². The SMILES string of the molecule is COc1ccc(C(=O)N(CCCn2ccnc2)c2nc3c(F)cccc3s2)cc1OC.Cl. The summed E-state index contributed by atoms with van der Waals surface area (Å²) in [5.41, 5.74) is 0.697. The molecular formula is C22H22ClFN4O3S. The topological polar surface area (TPSA) is 69.5 Å². The molecule has 0 aliphatic carbocycles. The standard InChI is InChI=1S/C22H21FN4O3S.ClH/c1-29-17-8-7-15(13-18(17)30-2)21(28)27(11-4-10-26-12-9-24-14-26)22-25-20-16(23)5-3-6-19(20)31-22;/h3,5-9,12-14H,4,10-11H2,1-2H3;1H. The van der Waals surface area contributed by atoms with E-state index in [-0.39, 0.29) is 23.8 Å². The number of imidazole rings is 1. The molecule has 0 saturated carbocycles. The summed E-state index contributed by atoms with van der Waals surface area (Å²) in [6, 6.07) is 9.81. The number of aromatic nitrogens is 3. The van der Waals surface area contributed by atoms with Crippen molar-refractivity contribution < 1.29 is 18.7 Å². The van der Waals surface area contributed by atoms with E-state index in [4.69, 9.17) is 9.47 Å². The lowest BCUT2D eigenvalue weighted by molar-refractivity contribution is 0.0986. The lowest BCUT2D eigenvalue weighted by atomic mass is 10.1. The number of hydrogen-bond donors (Lipinski definition) is 0. The summed E-state index contributed by atoms with van der Waals surface area (Å²) in [5, 5.41) is 0.450. The van der Waals surface area contributed by atoms with Crippen LogP contribution in [0.15, 0.2) is 55.1 Å². The molecular weight excluding hydrogens is 455 g/mol. The molecule has 0 bridgehead atoms. The number of benzene rings is 2. The van der Waals surface area contributed by atoms with Crippen molar-refractivity contribution in [2.24, 2.45) is 0 Å². The van der Waals surface area contributed by atoms with Gasteiger partial charge >= 0.3 is 0 Å². The van der Waals surface area contributed by atoms with Gasteiger partial charge in [0.1, 0.15) is 11.3 Å². The summed E-state index contributed by atoms with van der Waals surface area (Å²) < 4.78 is 27.4. The fourth-order valence-electron chi connectivity index (χ4n) is 3.26. The Hall–Kier alpha value is -3.17. The monoisotopic (exact) mass is 476 g/mol. The third-order valence-corrected chi connectivity index (χ3v) is 5.87. The Morgan fingerprint density at radius 1 is 1.19 bits per heavy atom. The van der Waals surface area contributed by atoms with E-state index in [1.54, 1.807) is 47.8 Å². The molecule has 4 rings (SSSR count). The zero-order chi connectivity index (χ0) is 21.8. The molecule has 0 radical (unpaired) electrons. The lowest BCUT2D eigenvalue weighted by Gasteiger charge is -2.20. The highest BCUT2D eigenvalue weighted by molar-refractivity contribution is 7.22. The normalized spacial score (nSPS) is 10.6. The lowest BCUT2D eigenvalue weighted by Crippen LogP contribution is -2.32. The van der Waals surface area contributed by atoms with Gasteiger partial charge in [-0.25, -0.2) is 14.4 Å². The van der Waals surface area contributed by atoms with Crippen molar-refractivity contribution in [1.29, 1.82) is 0 Å². The molecule has 10 heteroatoms. The average molecular weight is 477 g/mol. The second-order valence-electron chi connectivity index (χ2n) is 6.76. The first-order chi connectivity index (χ1) is 15.1. The van der Waals surface area contributed by atoms with E-state index in [9.17, 15) is 9.18 Å². The average Bonchev–Trinajstić information content (AvgIpc) is 3.46. The maximum Gasteiger partial charge on any atom is 0.260 e. The minimum absolute atomic E-state index is 0. The molecule has 0 saturated heterocycles. The van der Waals surface area contributed by atoms with Gasteiger partial charge in [-0.05, 0) is 36.8 Å². The molecule has 0 fully saturated rings. The first-order valence-electron chi connectivity index (χ1n) is 9.65. The number of para-hydroxylation sites is 1. The predicted molar refractivity (Wildman–Crippen MR) is 125 cm³/mol. The van der Waals surface area contributed by atoms with E-state index in [0.717, 1.165) is 0 Å². The van der Waals surface area contributed by atoms with Gasteiger partial charge in [-0.15, -0.1) is 12.4 Å². The molecule has 0 unspecified atom stereocenters. The molecule has 168 valence electrons. The molecule has 2 aromatic carbocycles. The number of rotatable bonds is 8. The molecule has 2 aromatic heterocycles. The summed E-state index contributed by atoms with van der Waals surface area (Å²) in [6.45, 7) is 1.10. The number of nitrogens with zero attached hydrogens (tertiary/aromatic N) is 4. The van der Waals surface area contributed by atoms with Crippen molar-refractivity contribution in [3.8, 4) is 11.5 Å². The van der Waals surface area contributed by atoms with Gasteiger partial charge in [0.25, 0.3) is 5.91 Å². The van der Waals surface area contributed by atoms with Gasteiger partial charge in [0.15, 0.2) is 16.6 Å². The minimum Gasteiger partial charge on any atom is -0.493 e. The summed E-state index contributed by atoms with van der Waals surface area (Å²) in [5.74, 6) is 0.345. The van der Waals surface area contributed by atoms with Crippen molar-refractivity contribution >= 4 is 45.0 Å². The second kappa shape index (κ2) is 10.4. The molecule has 0 N–H and O–H groups in total. The zero-order valence-electron chi connectivity index (χ0n) is 17.5. The number of carbonyl (C=O) groups is 1. The Balaban J connectivity index is 0.00000289. The van der Waals surface area contributed by atoms with Crippen LogP contribution in [0, 0.1) is 5.82 Å². The number of fused-ring (bicyclic) bond motifs is 1. The van der Waals surface area contributed by atoms with Crippen LogP contribution >= 0.6 is 23.7 Å². The highest BCUT2D eigenvalue weighted by Gasteiger charge is 2.23. The summed E-state index contributed by atoms with van der Waals surface area (Å²) in [4.78, 5) is 23.5. The molecule has 32 heavy (non-hydrogen) atoms. The van der Waals surface area contributed by atoms with Crippen molar-refractivity contribution in [3.05, 3.63) is 66.5 Å². The van der Waals surface area contributed by atoms with Gasteiger partial charge in [0.05, 0.1) is 25.2 Å². The first kappa shape index (κ1) is 23.5. The maximum absolute atomic E-state index is 14.2. The van der Waals surface area contributed by atoms with Crippen LogP contribution in [0.2, 0.25) is 0 Å². The fourth-order valence-corrected chi connectivity index (χ4v) is 4.26. The predicted octanol–water partition coefficient (Wildman–Crippen LogP) is 4.81. The van der Waals surface area contributed by atoms with Crippen LogP contribution in [0.1, 0.15) is 16.8 Å².